The van der Waals surface area contributed by atoms with E-state index in [1.54, 1.807) is 12.4 Å². The van der Waals surface area contributed by atoms with Gasteiger partial charge >= 0.3 is 0 Å². The molecule has 4 nitrogen and oxygen atoms in total. The fraction of sp³-hybridized carbons (Fsp3) is 0.429. The first-order valence-corrected chi connectivity index (χ1v) is 7.22. The topological polar surface area (TPSA) is 56.7 Å². The molecule has 0 aliphatic heterocycles. The van der Waals surface area contributed by atoms with Gasteiger partial charge in [-0.1, -0.05) is 6.92 Å². The number of rotatable bonds is 4. The molecule has 2 aromatic rings. The minimum Gasteiger partial charge on any atom is -0.326 e. The smallest absolute Gasteiger partial charge is 0.0923 e. The number of hydrogen-bond donors (Lipinski definition) is 1. The Bertz CT molecular complexity index is 550. The lowest BCUT2D eigenvalue weighted by atomic mass is 9.99. The number of halogens is 1. The van der Waals surface area contributed by atoms with E-state index in [-0.39, 0.29) is 12.1 Å². The number of hydrogen-bond acceptors (Lipinski definition) is 3. The highest BCUT2D eigenvalue weighted by molar-refractivity contribution is 9.10. The second kappa shape index (κ2) is 5.84. The Balaban J connectivity index is 2.52. The molecule has 0 amide bonds. The molecule has 2 aromatic heterocycles. The van der Waals surface area contributed by atoms with Gasteiger partial charge in [0.05, 0.1) is 21.9 Å². The maximum atomic E-state index is 6.31. The van der Waals surface area contributed by atoms with Crippen LogP contribution in [0.5, 0.6) is 0 Å². The molecular formula is C14H19BrN4. The minimum atomic E-state index is 0.0206. The number of nitrogens with zero attached hydrogens (tertiary/aromatic N) is 3. The van der Waals surface area contributed by atoms with E-state index in [1.165, 1.54) is 0 Å². The molecule has 2 atom stereocenters. The number of nitrogens with two attached hydrogens (primary N) is 1. The van der Waals surface area contributed by atoms with Gasteiger partial charge in [0, 0.05) is 18.4 Å². The normalized spacial score (nSPS) is 14.4. The van der Waals surface area contributed by atoms with Gasteiger partial charge in [0.15, 0.2) is 0 Å². The molecule has 2 unspecified atom stereocenters. The van der Waals surface area contributed by atoms with E-state index < -0.39 is 0 Å². The maximum absolute atomic E-state index is 6.31. The zero-order valence-corrected chi connectivity index (χ0v) is 13.1. The molecule has 2 rings (SSSR count). The molecule has 102 valence electrons. The van der Waals surface area contributed by atoms with Crippen LogP contribution in [0.2, 0.25) is 0 Å². The van der Waals surface area contributed by atoms with E-state index in [9.17, 15) is 0 Å². The van der Waals surface area contributed by atoms with Gasteiger partial charge in [-0.15, -0.1) is 0 Å². The van der Waals surface area contributed by atoms with Crippen LogP contribution in [0.1, 0.15) is 36.3 Å². The highest BCUT2D eigenvalue weighted by Gasteiger charge is 2.24. The fourth-order valence-corrected chi connectivity index (χ4v) is 2.53. The second-order valence-corrected chi connectivity index (χ2v) is 5.52. The lowest BCUT2D eigenvalue weighted by Gasteiger charge is -2.25. The molecule has 0 saturated carbocycles. The molecule has 2 heterocycles. The third kappa shape index (κ3) is 2.72. The average molecular weight is 323 g/mol. The van der Waals surface area contributed by atoms with E-state index in [1.807, 2.05) is 23.7 Å². The second-order valence-electron chi connectivity index (χ2n) is 4.73. The fourth-order valence-electron chi connectivity index (χ4n) is 2.27. The molecule has 19 heavy (non-hydrogen) atoms. The summed E-state index contributed by atoms with van der Waals surface area (Å²) in [4.78, 5) is 4.07. The molecule has 0 spiro atoms. The first-order chi connectivity index (χ1) is 9.06. The van der Waals surface area contributed by atoms with Crippen LogP contribution < -0.4 is 5.73 Å². The van der Waals surface area contributed by atoms with Crippen LogP contribution in [-0.2, 0) is 0 Å². The zero-order valence-electron chi connectivity index (χ0n) is 11.5. The third-order valence-corrected chi connectivity index (χ3v) is 4.57. The quantitative estimate of drug-likeness (QED) is 0.941. The Labute approximate surface area is 122 Å². The summed E-state index contributed by atoms with van der Waals surface area (Å²) in [6.45, 7) is 6.15. The van der Waals surface area contributed by atoms with Crippen LogP contribution in [0.3, 0.4) is 0 Å². The Morgan fingerprint density at radius 3 is 2.42 bits per heavy atom. The molecule has 0 aliphatic rings. The lowest BCUT2D eigenvalue weighted by Crippen LogP contribution is -2.33. The van der Waals surface area contributed by atoms with Crippen LogP contribution in [0.15, 0.2) is 29.0 Å². The van der Waals surface area contributed by atoms with Gasteiger partial charge in [-0.3, -0.25) is 9.67 Å². The highest BCUT2D eigenvalue weighted by atomic mass is 79.9. The summed E-state index contributed by atoms with van der Waals surface area (Å²) in [5, 5.41) is 4.62. The SMILES string of the molecule is CCC(N)C(c1ccncc1)n1nc(C)c(Br)c1C. The van der Waals surface area contributed by atoms with Crippen LogP contribution >= 0.6 is 15.9 Å². The molecule has 0 saturated heterocycles. The Morgan fingerprint density at radius 1 is 1.32 bits per heavy atom. The Morgan fingerprint density at radius 2 is 1.95 bits per heavy atom. The summed E-state index contributed by atoms with van der Waals surface area (Å²) in [5.41, 5.74) is 9.54. The minimum absolute atomic E-state index is 0.0206. The molecule has 0 fully saturated rings. The molecular weight excluding hydrogens is 304 g/mol. The van der Waals surface area contributed by atoms with Crippen molar-refractivity contribution in [1.29, 1.82) is 0 Å². The van der Waals surface area contributed by atoms with Crippen molar-refractivity contribution in [3.63, 3.8) is 0 Å². The van der Waals surface area contributed by atoms with Crippen LogP contribution in [0.25, 0.3) is 0 Å². The van der Waals surface area contributed by atoms with Gasteiger partial charge in [0.25, 0.3) is 0 Å². The third-order valence-electron chi connectivity index (χ3n) is 3.42. The van der Waals surface area contributed by atoms with E-state index >= 15 is 0 Å². The zero-order chi connectivity index (χ0) is 14.0. The van der Waals surface area contributed by atoms with Gasteiger partial charge < -0.3 is 5.73 Å². The van der Waals surface area contributed by atoms with Crippen molar-refractivity contribution in [3.8, 4) is 0 Å². The summed E-state index contributed by atoms with van der Waals surface area (Å²) in [5.74, 6) is 0. The molecule has 0 radical (unpaired) electrons. The van der Waals surface area contributed by atoms with E-state index in [0.717, 1.165) is 27.8 Å². The average Bonchev–Trinajstić information content (AvgIpc) is 2.68. The van der Waals surface area contributed by atoms with E-state index in [2.05, 4.69) is 39.9 Å². The van der Waals surface area contributed by atoms with Gasteiger partial charge in [0.2, 0.25) is 0 Å². The molecule has 5 heteroatoms. The maximum Gasteiger partial charge on any atom is 0.0923 e. The molecule has 2 N–H and O–H groups in total. The van der Waals surface area contributed by atoms with Crippen LogP contribution in [0.4, 0.5) is 0 Å². The standard InChI is InChI=1S/C14H19BrN4/c1-4-12(16)14(11-5-7-17-8-6-11)19-10(3)13(15)9(2)18-19/h5-8,12,14H,4,16H2,1-3H3. The predicted molar refractivity (Wildman–Crippen MR) is 80.0 cm³/mol. The predicted octanol–water partition coefficient (Wildman–Crippen LogP) is 2.98. The van der Waals surface area contributed by atoms with E-state index in [4.69, 9.17) is 5.73 Å². The van der Waals surface area contributed by atoms with Gasteiger partial charge in [-0.2, -0.15) is 5.10 Å². The summed E-state index contributed by atoms with van der Waals surface area (Å²) < 4.78 is 3.07. The van der Waals surface area contributed by atoms with Crippen molar-refractivity contribution in [2.45, 2.75) is 39.3 Å². The molecule has 0 bridgehead atoms. The van der Waals surface area contributed by atoms with Gasteiger partial charge in [-0.25, -0.2) is 0 Å². The molecule has 0 aliphatic carbocycles. The summed E-state index contributed by atoms with van der Waals surface area (Å²) in [7, 11) is 0. The summed E-state index contributed by atoms with van der Waals surface area (Å²) in [6.07, 6.45) is 4.49. The van der Waals surface area contributed by atoms with Crippen molar-refractivity contribution < 1.29 is 0 Å². The Hall–Kier alpha value is -1.20. The monoisotopic (exact) mass is 322 g/mol. The van der Waals surface area contributed by atoms with Crippen molar-refractivity contribution in [2.24, 2.45) is 5.73 Å². The van der Waals surface area contributed by atoms with Crippen LogP contribution in [0, 0.1) is 13.8 Å². The largest absolute Gasteiger partial charge is 0.326 e. The highest BCUT2D eigenvalue weighted by Crippen LogP contribution is 2.28. The van der Waals surface area contributed by atoms with Gasteiger partial charge in [0.1, 0.15) is 0 Å². The van der Waals surface area contributed by atoms with Gasteiger partial charge in [-0.05, 0) is 53.9 Å². The number of aromatic nitrogens is 3. The van der Waals surface area contributed by atoms with Crippen molar-refractivity contribution in [2.75, 3.05) is 0 Å². The van der Waals surface area contributed by atoms with E-state index in [0.29, 0.717) is 0 Å². The number of aryl methyl sites for hydroxylation is 1. The first-order valence-electron chi connectivity index (χ1n) is 6.43. The summed E-state index contributed by atoms with van der Waals surface area (Å²) in [6, 6.07) is 4.07. The molecule has 0 aromatic carbocycles. The first kappa shape index (κ1) is 14.2. The lowest BCUT2D eigenvalue weighted by molar-refractivity contribution is 0.415. The van der Waals surface area contributed by atoms with Crippen LogP contribution in [-0.4, -0.2) is 20.8 Å². The van der Waals surface area contributed by atoms with Crippen molar-refractivity contribution >= 4 is 15.9 Å². The van der Waals surface area contributed by atoms with Crippen molar-refractivity contribution in [1.82, 2.24) is 14.8 Å². The van der Waals surface area contributed by atoms with Crippen molar-refractivity contribution in [3.05, 3.63) is 46.0 Å². The number of pyridine rings is 1. The Kier molecular flexibility index (Phi) is 4.37. The summed E-state index contributed by atoms with van der Waals surface area (Å²) >= 11 is 3.58.